The second kappa shape index (κ2) is 7.24. The number of aromatic nitrogens is 1. The summed E-state index contributed by atoms with van der Waals surface area (Å²) in [6.07, 6.45) is 0.971. The Morgan fingerprint density at radius 3 is 2.38 bits per heavy atom. The molecule has 0 aliphatic heterocycles. The van der Waals surface area contributed by atoms with E-state index in [-0.39, 0.29) is 30.8 Å². The van der Waals surface area contributed by atoms with E-state index in [4.69, 9.17) is 9.63 Å². The zero-order chi connectivity index (χ0) is 16.2. The van der Waals surface area contributed by atoms with Gasteiger partial charge in [-0.2, -0.15) is 0 Å². The van der Waals surface area contributed by atoms with Crippen LogP contribution >= 0.6 is 0 Å². The molecule has 118 valence electrons. The maximum absolute atomic E-state index is 12.4. The van der Waals surface area contributed by atoms with Crippen LogP contribution in [0.2, 0.25) is 0 Å². The normalized spacial score (nSPS) is 13.8. The highest BCUT2D eigenvalue weighted by atomic mass is 16.5. The van der Waals surface area contributed by atoms with Gasteiger partial charge in [-0.1, -0.05) is 19.0 Å². The molecule has 0 radical (unpaired) electrons. The van der Waals surface area contributed by atoms with Crippen LogP contribution < -0.4 is 0 Å². The third kappa shape index (κ3) is 4.31. The monoisotopic (exact) mass is 296 g/mol. The van der Waals surface area contributed by atoms with Crippen LogP contribution in [0.25, 0.3) is 0 Å². The van der Waals surface area contributed by atoms with Gasteiger partial charge in [0.25, 0.3) is 0 Å². The Morgan fingerprint density at radius 1 is 1.33 bits per heavy atom. The second-order valence-corrected chi connectivity index (χ2v) is 5.52. The number of aryl methyl sites for hydroxylation is 2. The lowest BCUT2D eigenvalue weighted by Gasteiger charge is -2.28. The molecule has 0 saturated carbocycles. The minimum Gasteiger partial charge on any atom is -0.480 e. The molecule has 0 bridgehead atoms. The first-order valence-electron chi connectivity index (χ1n) is 7.21. The smallest absolute Gasteiger partial charge is 0.323 e. The van der Waals surface area contributed by atoms with Gasteiger partial charge in [0.15, 0.2) is 0 Å². The molecular formula is C15H24N2O4. The molecular weight excluding hydrogens is 272 g/mol. The fourth-order valence-electron chi connectivity index (χ4n) is 2.53. The number of nitrogens with zero attached hydrogens (tertiary/aromatic N) is 2. The Balaban J connectivity index is 2.83. The summed E-state index contributed by atoms with van der Waals surface area (Å²) in [5.41, 5.74) is 1.71. The summed E-state index contributed by atoms with van der Waals surface area (Å²) in [7, 11) is 0. The number of hydrogen-bond acceptors (Lipinski definition) is 4. The first-order chi connectivity index (χ1) is 9.77. The summed E-state index contributed by atoms with van der Waals surface area (Å²) in [6, 6.07) is -0.0922. The molecule has 1 aromatic rings. The number of carbonyl (C=O) groups excluding carboxylic acids is 1. The van der Waals surface area contributed by atoms with E-state index in [0.717, 1.165) is 17.7 Å². The zero-order valence-electron chi connectivity index (χ0n) is 13.3. The largest absolute Gasteiger partial charge is 0.480 e. The number of amides is 1. The first kappa shape index (κ1) is 17.2. The molecule has 1 amide bonds. The van der Waals surface area contributed by atoms with Gasteiger partial charge in [0, 0.05) is 18.0 Å². The van der Waals surface area contributed by atoms with Gasteiger partial charge in [0.1, 0.15) is 12.3 Å². The predicted molar refractivity (Wildman–Crippen MR) is 78.1 cm³/mol. The highest BCUT2D eigenvalue weighted by molar-refractivity contribution is 5.82. The van der Waals surface area contributed by atoms with Crippen molar-refractivity contribution in [3.05, 3.63) is 17.0 Å². The van der Waals surface area contributed by atoms with Crippen LogP contribution in [-0.4, -0.2) is 39.6 Å². The van der Waals surface area contributed by atoms with Gasteiger partial charge in [-0.15, -0.1) is 0 Å². The number of carboxylic acids is 1. The summed E-state index contributed by atoms with van der Waals surface area (Å²) < 4.78 is 5.12. The molecule has 0 saturated heterocycles. The van der Waals surface area contributed by atoms with Gasteiger partial charge in [0.05, 0.1) is 5.69 Å². The molecule has 6 heteroatoms. The number of carbonyl (C=O) groups is 2. The van der Waals surface area contributed by atoms with Gasteiger partial charge in [0.2, 0.25) is 5.91 Å². The highest BCUT2D eigenvalue weighted by Gasteiger charge is 2.25. The highest BCUT2D eigenvalue weighted by Crippen LogP contribution is 2.26. The number of rotatable bonds is 7. The van der Waals surface area contributed by atoms with Gasteiger partial charge in [-0.25, -0.2) is 0 Å². The Bertz CT molecular complexity index is 490. The molecule has 1 rings (SSSR count). The summed E-state index contributed by atoms with van der Waals surface area (Å²) in [5.74, 6) is -0.488. The quantitative estimate of drug-likeness (QED) is 0.835. The lowest BCUT2D eigenvalue weighted by Crippen LogP contribution is -2.42. The summed E-state index contributed by atoms with van der Waals surface area (Å²) >= 11 is 0. The van der Waals surface area contributed by atoms with Crippen molar-refractivity contribution >= 4 is 11.9 Å². The number of hydrogen-bond donors (Lipinski definition) is 1. The molecule has 1 aromatic heterocycles. The van der Waals surface area contributed by atoms with E-state index in [1.165, 1.54) is 4.90 Å². The van der Waals surface area contributed by atoms with E-state index in [2.05, 4.69) is 5.16 Å². The molecule has 21 heavy (non-hydrogen) atoms. The first-order valence-corrected chi connectivity index (χ1v) is 7.21. The molecule has 1 heterocycles. The van der Waals surface area contributed by atoms with Crippen LogP contribution in [0.5, 0.6) is 0 Å². The molecule has 0 fully saturated rings. The molecule has 0 aliphatic carbocycles. The Morgan fingerprint density at radius 2 is 1.95 bits per heavy atom. The summed E-state index contributed by atoms with van der Waals surface area (Å²) in [4.78, 5) is 24.8. The lowest BCUT2D eigenvalue weighted by molar-refractivity contribution is -0.146. The third-order valence-electron chi connectivity index (χ3n) is 3.81. The minimum absolute atomic E-state index is 0.0518. The van der Waals surface area contributed by atoms with E-state index in [1.54, 1.807) is 0 Å². The minimum atomic E-state index is -0.992. The topological polar surface area (TPSA) is 83.6 Å². The van der Waals surface area contributed by atoms with Crippen molar-refractivity contribution in [3.8, 4) is 0 Å². The molecule has 0 spiro atoms. The maximum Gasteiger partial charge on any atom is 0.323 e. The molecule has 0 aromatic carbocycles. The molecule has 2 atom stereocenters. The van der Waals surface area contributed by atoms with Crippen molar-refractivity contribution in [2.45, 2.75) is 59.4 Å². The van der Waals surface area contributed by atoms with Crippen molar-refractivity contribution in [3.63, 3.8) is 0 Å². The van der Waals surface area contributed by atoms with Crippen LogP contribution in [0.4, 0.5) is 0 Å². The van der Waals surface area contributed by atoms with Crippen molar-refractivity contribution in [2.75, 3.05) is 6.54 Å². The van der Waals surface area contributed by atoms with Crippen molar-refractivity contribution in [2.24, 2.45) is 0 Å². The number of aliphatic carboxylic acids is 1. The standard InChI is InChI=1S/C15H24N2O4/c1-6-10(3)17(8-14(19)20)13(18)7-9(2)15-11(4)16-21-12(15)5/h9-10H,6-8H2,1-5H3,(H,19,20). The van der Waals surface area contributed by atoms with E-state index in [0.29, 0.717) is 5.76 Å². The molecule has 1 N–H and O–H groups in total. The molecule has 0 aliphatic rings. The van der Waals surface area contributed by atoms with Crippen LogP contribution in [0.15, 0.2) is 4.52 Å². The van der Waals surface area contributed by atoms with Crippen LogP contribution in [-0.2, 0) is 9.59 Å². The van der Waals surface area contributed by atoms with Gasteiger partial charge in [-0.3, -0.25) is 9.59 Å². The Kier molecular flexibility index (Phi) is 5.93. The van der Waals surface area contributed by atoms with Crippen LogP contribution in [0, 0.1) is 13.8 Å². The van der Waals surface area contributed by atoms with Gasteiger partial charge in [-0.05, 0) is 33.1 Å². The summed E-state index contributed by atoms with van der Waals surface area (Å²) in [6.45, 7) is 9.13. The Hall–Kier alpha value is -1.85. The average molecular weight is 296 g/mol. The lowest BCUT2D eigenvalue weighted by atomic mass is 9.95. The molecule has 2 unspecified atom stereocenters. The van der Waals surface area contributed by atoms with Crippen LogP contribution in [0.3, 0.4) is 0 Å². The second-order valence-electron chi connectivity index (χ2n) is 5.52. The Labute approximate surface area is 125 Å². The summed E-state index contributed by atoms with van der Waals surface area (Å²) in [5, 5.41) is 12.9. The molecule has 6 nitrogen and oxygen atoms in total. The maximum atomic E-state index is 12.4. The van der Waals surface area contributed by atoms with E-state index >= 15 is 0 Å². The van der Waals surface area contributed by atoms with Crippen molar-refractivity contribution in [1.82, 2.24) is 10.1 Å². The van der Waals surface area contributed by atoms with E-state index in [9.17, 15) is 9.59 Å². The fourth-order valence-corrected chi connectivity index (χ4v) is 2.53. The third-order valence-corrected chi connectivity index (χ3v) is 3.81. The SMILES string of the molecule is CCC(C)N(CC(=O)O)C(=O)CC(C)c1c(C)noc1C. The van der Waals surface area contributed by atoms with Crippen molar-refractivity contribution in [1.29, 1.82) is 0 Å². The van der Waals surface area contributed by atoms with Crippen LogP contribution in [0.1, 0.15) is 56.5 Å². The zero-order valence-corrected chi connectivity index (χ0v) is 13.3. The van der Waals surface area contributed by atoms with Gasteiger partial charge < -0.3 is 14.5 Å². The average Bonchev–Trinajstić information content (AvgIpc) is 2.74. The van der Waals surface area contributed by atoms with E-state index in [1.807, 2.05) is 34.6 Å². The van der Waals surface area contributed by atoms with Crippen molar-refractivity contribution < 1.29 is 19.2 Å². The fraction of sp³-hybridized carbons (Fsp3) is 0.667. The number of carboxylic acid groups (broad SMARTS) is 1. The van der Waals surface area contributed by atoms with E-state index < -0.39 is 5.97 Å². The predicted octanol–water partition coefficient (Wildman–Crippen LogP) is 2.50. The van der Waals surface area contributed by atoms with Gasteiger partial charge >= 0.3 is 5.97 Å².